The third kappa shape index (κ3) is 2.05. The number of aryl methyl sites for hydroxylation is 1. The van der Waals surface area contributed by atoms with Crippen LogP contribution in [0, 0.1) is 5.92 Å². The Kier molecular flexibility index (Phi) is 3.06. The third-order valence-corrected chi connectivity index (χ3v) is 6.38. The molecule has 2 atom stereocenters. The Morgan fingerprint density at radius 2 is 2.16 bits per heavy atom. The number of anilines is 1. The molecule has 4 nitrogen and oxygen atoms in total. The summed E-state index contributed by atoms with van der Waals surface area (Å²) in [6, 6.07) is 5.34. The molecule has 104 valence electrons. The molecule has 1 saturated carbocycles. The average Bonchev–Trinajstić information content (AvgIpc) is 3.01. The van der Waals surface area contributed by atoms with Crippen molar-refractivity contribution in [3.8, 4) is 0 Å². The van der Waals surface area contributed by atoms with Crippen molar-refractivity contribution in [2.75, 3.05) is 12.3 Å². The second-order valence-corrected chi connectivity index (χ2v) is 7.51. The lowest BCUT2D eigenvalue weighted by molar-refractivity contribution is 0.333. The van der Waals surface area contributed by atoms with Crippen molar-refractivity contribution in [3.63, 3.8) is 0 Å². The van der Waals surface area contributed by atoms with Crippen molar-refractivity contribution in [2.45, 2.75) is 43.5 Å². The summed E-state index contributed by atoms with van der Waals surface area (Å²) in [6.45, 7) is 2.70. The molecule has 2 unspecified atom stereocenters. The van der Waals surface area contributed by atoms with Crippen LogP contribution in [0.15, 0.2) is 23.1 Å². The van der Waals surface area contributed by atoms with Crippen LogP contribution in [0.2, 0.25) is 0 Å². The van der Waals surface area contributed by atoms with E-state index in [0.717, 1.165) is 24.8 Å². The fourth-order valence-corrected chi connectivity index (χ4v) is 5.14. The van der Waals surface area contributed by atoms with E-state index in [-0.39, 0.29) is 6.04 Å². The Balaban J connectivity index is 1.94. The van der Waals surface area contributed by atoms with Crippen molar-refractivity contribution in [2.24, 2.45) is 5.92 Å². The zero-order valence-electron chi connectivity index (χ0n) is 11.2. The Labute approximate surface area is 114 Å². The van der Waals surface area contributed by atoms with Crippen LogP contribution in [0.4, 0.5) is 5.69 Å². The van der Waals surface area contributed by atoms with E-state index < -0.39 is 10.0 Å². The number of nitrogen functional groups attached to an aromatic ring is 1. The maximum Gasteiger partial charge on any atom is 0.243 e. The largest absolute Gasteiger partial charge is 0.398 e. The van der Waals surface area contributed by atoms with Crippen LogP contribution in [-0.4, -0.2) is 25.3 Å². The van der Waals surface area contributed by atoms with E-state index in [1.807, 2.05) is 13.0 Å². The number of sulfonamides is 1. The molecule has 1 aromatic rings. The Bertz CT molecular complexity index is 597. The second-order valence-electron chi connectivity index (χ2n) is 5.62. The Morgan fingerprint density at radius 3 is 2.68 bits per heavy atom. The molecule has 1 aliphatic heterocycles. The molecule has 0 aromatic heterocycles. The number of benzene rings is 1. The number of nitrogens with zero attached hydrogens (tertiary/aromatic N) is 1. The molecule has 2 bridgehead atoms. The number of hydrogen-bond donors (Lipinski definition) is 1. The zero-order valence-corrected chi connectivity index (χ0v) is 12.0. The first-order valence-electron chi connectivity index (χ1n) is 6.92. The van der Waals surface area contributed by atoms with E-state index in [1.54, 1.807) is 16.4 Å². The number of nitrogens with two attached hydrogens (primary N) is 1. The van der Waals surface area contributed by atoms with Crippen LogP contribution in [0.5, 0.6) is 0 Å². The highest BCUT2D eigenvalue weighted by atomic mass is 32.2. The topological polar surface area (TPSA) is 63.4 Å². The van der Waals surface area contributed by atoms with E-state index in [9.17, 15) is 8.42 Å². The summed E-state index contributed by atoms with van der Waals surface area (Å²) < 4.78 is 27.0. The smallest absolute Gasteiger partial charge is 0.243 e. The summed E-state index contributed by atoms with van der Waals surface area (Å²) >= 11 is 0. The normalized spacial score (nSPS) is 27.0. The highest BCUT2D eigenvalue weighted by Crippen LogP contribution is 2.40. The van der Waals surface area contributed by atoms with Crippen LogP contribution in [-0.2, 0) is 16.4 Å². The lowest BCUT2D eigenvalue weighted by Gasteiger charge is -2.26. The van der Waals surface area contributed by atoms with Gasteiger partial charge in [0.25, 0.3) is 0 Å². The predicted octanol–water partition coefficient (Wildman–Crippen LogP) is 2.00. The summed E-state index contributed by atoms with van der Waals surface area (Å²) in [5.41, 5.74) is 7.50. The molecule has 2 fully saturated rings. The molecular weight excluding hydrogens is 260 g/mol. The standard InChI is InChI=1S/C14H20N2O2S/c1-2-11-4-6-13(8-14(11)15)19(17,18)16-9-10-3-5-12(16)7-10/h4,6,8,10,12H,2-3,5,7,9,15H2,1H3. The van der Waals surface area contributed by atoms with Gasteiger partial charge in [0.05, 0.1) is 4.90 Å². The molecule has 2 N–H and O–H groups in total. The summed E-state index contributed by atoms with van der Waals surface area (Å²) in [7, 11) is -3.36. The van der Waals surface area contributed by atoms with E-state index in [4.69, 9.17) is 5.73 Å². The van der Waals surface area contributed by atoms with Crippen molar-refractivity contribution in [3.05, 3.63) is 23.8 Å². The molecule has 2 aliphatic rings. The molecule has 1 aromatic carbocycles. The lowest BCUT2D eigenvalue weighted by Crippen LogP contribution is -2.37. The molecule has 0 amide bonds. The van der Waals surface area contributed by atoms with Crippen LogP contribution in [0.3, 0.4) is 0 Å². The maximum absolute atomic E-state index is 12.6. The van der Waals surface area contributed by atoms with Crippen molar-refractivity contribution in [1.82, 2.24) is 4.31 Å². The minimum Gasteiger partial charge on any atom is -0.398 e. The summed E-state index contributed by atoms with van der Waals surface area (Å²) in [4.78, 5) is 0.342. The molecular formula is C14H20N2O2S. The fraction of sp³-hybridized carbons (Fsp3) is 0.571. The summed E-state index contributed by atoms with van der Waals surface area (Å²) in [5.74, 6) is 0.562. The van der Waals surface area contributed by atoms with Gasteiger partial charge in [-0.1, -0.05) is 13.0 Å². The average molecular weight is 280 g/mol. The van der Waals surface area contributed by atoms with Crippen molar-refractivity contribution in [1.29, 1.82) is 0 Å². The van der Waals surface area contributed by atoms with Gasteiger partial charge in [-0.3, -0.25) is 0 Å². The van der Waals surface area contributed by atoms with Crippen molar-refractivity contribution < 1.29 is 8.42 Å². The molecule has 1 heterocycles. The summed E-state index contributed by atoms with van der Waals surface area (Å²) in [6.07, 6.45) is 4.03. The van der Waals surface area contributed by atoms with Gasteiger partial charge < -0.3 is 5.73 Å². The van der Waals surface area contributed by atoms with Gasteiger partial charge in [0.2, 0.25) is 10.0 Å². The fourth-order valence-electron chi connectivity index (χ4n) is 3.36. The summed E-state index contributed by atoms with van der Waals surface area (Å²) in [5, 5.41) is 0. The van der Waals surface area contributed by atoms with Crippen molar-refractivity contribution >= 4 is 15.7 Å². The van der Waals surface area contributed by atoms with Crippen LogP contribution in [0.25, 0.3) is 0 Å². The first-order chi connectivity index (χ1) is 9.02. The molecule has 1 saturated heterocycles. The number of fused-ring (bicyclic) bond motifs is 2. The Morgan fingerprint density at radius 1 is 1.37 bits per heavy atom. The first-order valence-corrected chi connectivity index (χ1v) is 8.36. The minimum absolute atomic E-state index is 0.210. The van der Waals surface area contributed by atoms with Gasteiger partial charge in [-0.2, -0.15) is 4.31 Å². The monoisotopic (exact) mass is 280 g/mol. The number of rotatable bonds is 3. The number of piperidine rings is 1. The minimum atomic E-state index is -3.36. The first kappa shape index (κ1) is 12.9. The molecule has 1 aliphatic carbocycles. The quantitative estimate of drug-likeness (QED) is 0.861. The second kappa shape index (κ2) is 4.49. The van der Waals surface area contributed by atoms with E-state index in [0.29, 0.717) is 23.0 Å². The number of hydrogen-bond acceptors (Lipinski definition) is 3. The van der Waals surface area contributed by atoms with Gasteiger partial charge in [0.1, 0.15) is 0 Å². The molecule has 5 heteroatoms. The molecule has 3 rings (SSSR count). The van der Waals surface area contributed by atoms with Gasteiger partial charge in [0.15, 0.2) is 0 Å². The van der Waals surface area contributed by atoms with E-state index >= 15 is 0 Å². The van der Waals surface area contributed by atoms with Crippen LogP contribution >= 0.6 is 0 Å². The van der Waals surface area contributed by atoms with Gasteiger partial charge in [0, 0.05) is 18.3 Å². The molecule has 19 heavy (non-hydrogen) atoms. The highest BCUT2D eigenvalue weighted by Gasteiger charge is 2.44. The molecule has 0 radical (unpaired) electrons. The highest BCUT2D eigenvalue weighted by molar-refractivity contribution is 7.89. The van der Waals surface area contributed by atoms with Gasteiger partial charge in [-0.05, 0) is 49.3 Å². The zero-order chi connectivity index (χ0) is 13.6. The SMILES string of the molecule is CCc1ccc(S(=O)(=O)N2CC3CCC2C3)cc1N. The van der Waals surface area contributed by atoms with Crippen LogP contribution in [0.1, 0.15) is 31.7 Å². The van der Waals surface area contributed by atoms with Gasteiger partial charge >= 0.3 is 0 Å². The van der Waals surface area contributed by atoms with E-state index in [1.165, 1.54) is 6.42 Å². The van der Waals surface area contributed by atoms with Gasteiger partial charge in [-0.15, -0.1) is 0 Å². The lowest BCUT2D eigenvalue weighted by atomic mass is 10.1. The van der Waals surface area contributed by atoms with Crippen LogP contribution < -0.4 is 5.73 Å². The Hall–Kier alpha value is -1.07. The maximum atomic E-state index is 12.6. The van der Waals surface area contributed by atoms with E-state index in [2.05, 4.69) is 0 Å². The van der Waals surface area contributed by atoms with Gasteiger partial charge in [-0.25, -0.2) is 8.42 Å². The predicted molar refractivity (Wildman–Crippen MR) is 75.3 cm³/mol. The molecule has 0 spiro atoms. The third-order valence-electron chi connectivity index (χ3n) is 4.46.